The van der Waals surface area contributed by atoms with E-state index in [2.05, 4.69) is 15.7 Å². The van der Waals surface area contributed by atoms with Gasteiger partial charge >= 0.3 is 0 Å². The fourth-order valence-electron chi connectivity index (χ4n) is 3.78. The maximum atomic E-state index is 12.8. The summed E-state index contributed by atoms with van der Waals surface area (Å²) in [6, 6.07) is 5.47. The first-order chi connectivity index (χ1) is 15.2. The summed E-state index contributed by atoms with van der Waals surface area (Å²) in [5.41, 5.74) is 6.73. The minimum Gasteiger partial charge on any atom is -0.494 e. The van der Waals surface area contributed by atoms with Crippen LogP contribution in [-0.4, -0.2) is 68.7 Å². The predicted molar refractivity (Wildman–Crippen MR) is 115 cm³/mol. The first-order valence-electron chi connectivity index (χ1n) is 10.7. The zero-order valence-corrected chi connectivity index (χ0v) is 17.6. The second kappa shape index (κ2) is 8.50. The summed E-state index contributed by atoms with van der Waals surface area (Å²) >= 11 is 0. The van der Waals surface area contributed by atoms with Crippen molar-refractivity contribution in [2.75, 3.05) is 52.0 Å². The molecule has 0 spiro atoms. The minimum absolute atomic E-state index is 0.00795. The number of hydrazine groups is 1. The van der Waals surface area contributed by atoms with Crippen molar-refractivity contribution >= 4 is 17.9 Å². The van der Waals surface area contributed by atoms with E-state index in [0.29, 0.717) is 56.0 Å². The molecule has 0 radical (unpaired) electrons. The number of nitrogens with one attached hydrogen (secondary N) is 2. The summed E-state index contributed by atoms with van der Waals surface area (Å²) in [7, 11) is 1.60. The number of benzene rings is 1. The molecule has 0 bridgehead atoms. The number of morpholine rings is 1. The Bertz CT molecular complexity index is 947. The third-order valence-electron chi connectivity index (χ3n) is 5.76. The zero-order chi connectivity index (χ0) is 21.2. The van der Waals surface area contributed by atoms with E-state index < -0.39 is 0 Å². The van der Waals surface area contributed by atoms with Gasteiger partial charge in [0.1, 0.15) is 5.75 Å². The SMILES string of the molecule is COc1cc(C(=O)N2CCOCC2)ccc1NN1C=C2NC=NC(OCC3CC3)=C2C1. The molecule has 2 N–H and O–H groups in total. The third-order valence-corrected chi connectivity index (χ3v) is 5.76. The molecule has 3 aliphatic heterocycles. The van der Waals surface area contributed by atoms with E-state index in [1.807, 2.05) is 28.2 Å². The highest BCUT2D eigenvalue weighted by molar-refractivity contribution is 5.95. The predicted octanol–water partition coefficient (Wildman–Crippen LogP) is 1.92. The Morgan fingerprint density at radius 2 is 2.16 bits per heavy atom. The maximum absolute atomic E-state index is 12.8. The minimum atomic E-state index is -0.00795. The molecule has 0 atom stereocenters. The smallest absolute Gasteiger partial charge is 0.254 e. The number of fused-ring (bicyclic) bond motifs is 1. The highest BCUT2D eigenvalue weighted by atomic mass is 16.5. The number of rotatable bonds is 7. The topological polar surface area (TPSA) is 87.7 Å². The number of hydrogen-bond acceptors (Lipinski definition) is 8. The number of methoxy groups -OCH3 is 1. The number of carbonyl (C=O) groups excluding carboxylic acids is 1. The summed E-state index contributed by atoms with van der Waals surface area (Å²) in [5.74, 6) is 1.95. The van der Waals surface area contributed by atoms with Gasteiger partial charge in [-0.2, -0.15) is 0 Å². The van der Waals surface area contributed by atoms with Gasteiger partial charge < -0.3 is 24.4 Å². The van der Waals surface area contributed by atoms with Crippen molar-refractivity contribution in [1.29, 1.82) is 0 Å². The Hall–Kier alpha value is -3.20. The van der Waals surface area contributed by atoms with E-state index >= 15 is 0 Å². The lowest BCUT2D eigenvalue weighted by Crippen LogP contribution is -2.40. The molecular weight excluding hydrogens is 398 g/mol. The number of carbonyl (C=O) groups is 1. The normalized spacial score (nSPS) is 20.2. The van der Waals surface area contributed by atoms with Crippen molar-refractivity contribution in [3.05, 3.63) is 47.1 Å². The second-order valence-electron chi connectivity index (χ2n) is 8.04. The highest BCUT2D eigenvalue weighted by Gasteiger charge is 2.28. The lowest BCUT2D eigenvalue weighted by atomic mass is 10.1. The molecule has 1 amide bonds. The first-order valence-corrected chi connectivity index (χ1v) is 10.7. The Morgan fingerprint density at radius 3 is 2.94 bits per heavy atom. The van der Waals surface area contributed by atoms with E-state index in [9.17, 15) is 4.79 Å². The lowest BCUT2D eigenvalue weighted by molar-refractivity contribution is 0.0302. The molecule has 4 aliphatic rings. The summed E-state index contributed by atoms with van der Waals surface area (Å²) in [6.45, 7) is 3.70. The fraction of sp³-hybridized carbons (Fsp3) is 0.455. The second-order valence-corrected chi connectivity index (χ2v) is 8.04. The van der Waals surface area contributed by atoms with E-state index in [-0.39, 0.29) is 5.91 Å². The summed E-state index contributed by atoms with van der Waals surface area (Å²) in [5, 5.41) is 5.13. The zero-order valence-electron chi connectivity index (χ0n) is 17.6. The molecule has 0 aromatic heterocycles. The van der Waals surface area contributed by atoms with Gasteiger partial charge in [-0.3, -0.25) is 15.2 Å². The van der Waals surface area contributed by atoms with E-state index in [1.54, 1.807) is 19.5 Å². The monoisotopic (exact) mass is 425 g/mol. The molecule has 1 aromatic rings. The van der Waals surface area contributed by atoms with Crippen molar-refractivity contribution in [3.8, 4) is 5.75 Å². The summed E-state index contributed by atoms with van der Waals surface area (Å²) in [6.07, 6.45) is 6.12. The number of amides is 1. The average Bonchev–Trinajstić information content (AvgIpc) is 3.55. The van der Waals surface area contributed by atoms with Gasteiger partial charge in [0.2, 0.25) is 5.88 Å². The van der Waals surface area contributed by atoms with Crippen LogP contribution in [0, 0.1) is 5.92 Å². The molecular formula is C22H27N5O4. The Kier molecular flexibility index (Phi) is 5.42. The van der Waals surface area contributed by atoms with Gasteiger partial charge in [0.15, 0.2) is 0 Å². The van der Waals surface area contributed by atoms with Gasteiger partial charge in [-0.25, -0.2) is 4.99 Å². The molecule has 3 heterocycles. The maximum Gasteiger partial charge on any atom is 0.254 e. The van der Waals surface area contributed by atoms with Crippen LogP contribution in [0.4, 0.5) is 5.69 Å². The van der Waals surface area contributed by atoms with Crippen LogP contribution in [0.1, 0.15) is 23.2 Å². The van der Waals surface area contributed by atoms with Crippen molar-refractivity contribution in [2.45, 2.75) is 12.8 Å². The van der Waals surface area contributed by atoms with Gasteiger partial charge in [0, 0.05) is 24.9 Å². The fourth-order valence-corrected chi connectivity index (χ4v) is 3.78. The Morgan fingerprint density at radius 1 is 1.32 bits per heavy atom. The molecule has 1 saturated carbocycles. The van der Waals surface area contributed by atoms with Gasteiger partial charge in [0.05, 0.1) is 56.8 Å². The number of nitrogens with zero attached hydrogens (tertiary/aromatic N) is 3. The molecule has 5 rings (SSSR count). The molecule has 31 heavy (non-hydrogen) atoms. The van der Waals surface area contributed by atoms with E-state index in [1.165, 1.54) is 12.8 Å². The van der Waals surface area contributed by atoms with Crippen molar-refractivity contribution in [2.24, 2.45) is 10.9 Å². The van der Waals surface area contributed by atoms with Crippen molar-refractivity contribution in [3.63, 3.8) is 0 Å². The van der Waals surface area contributed by atoms with Crippen LogP contribution in [0.3, 0.4) is 0 Å². The van der Waals surface area contributed by atoms with Crippen LogP contribution in [0.5, 0.6) is 5.75 Å². The highest BCUT2D eigenvalue weighted by Crippen LogP contribution is 2.33. The molecule has 1 aliphatic carbocycles. The van der Waals surface area contributed by atoms with Crippen LogP contribution in [0.15, 0.2) is 46.5 Å². The Labute approximate surface area is 181 Å². The Balaban J connectivity index is 1.28. The summed E-state index contributed by atoms with van der Waals surface area (Å²) in [4.78, 5) is 19.0. The lowest BCUT2D eigenvalue weighted by Gasteiger charge is -2.27. The molecule has 2 fully saturated rings. The largest absolute Gasteiger partial charge is 0.494 e. The molecule has 164 valence electrons. The molecule has 1 saturated heterocycles. The number of ether oxygens (including phenoxy) is 3. The number of anilines is 1. The third kappa shape index (κ3) is 4.32. The van der Waals surface area contributed by atoms with Gasteiger partial charge in [-0.05, 0) is 37.0 Å². The molecule has 0 unspecified atom stereocenters. The molecule has 9 heteroatoms. The summed E-state index contributed by atoms with van der Waals surface area (Å²) < 4.78 is 16.8. The average molecular weight is 425 g/mol. The quantitative estimate of drug-likeness (QED) is 0.690. The van der Waals surface area contributed by atoms with Crippen molar-refractivity contribution < 1.29 is 19.0 Å². The standard InChI is InChI=1S/C22H27N5O4/c1-29-20-10-16(22(28)26-6-8-30-9-7-26)4-5-18(20)25-27-11-17-19(12-27)23-14-24-21(17)31-13-15-2-3-15/h4-5,10,12,14-15,25H,2-3,6-9,11,13H2,1H3,(H,23,24). The first kappa shape index (κ1) is 19.7. The van der Waals surface area contributed by atoms with E-state index in [0.717, 1.165) is 23.6 Å². The number of hydrogen-bond donors (Lipinski definition) is 2. The van der Waals surface area contributed by atoms with E-state index in [4.69, 9.17) is 14.2 Å². The van der Waals surface area contributed by atoms with Gasteiger partial charge in [-0.1, -0.05) is 0 Å². The van der Waals surface area contributed by atoms with Gasteiger partial charge in [-0.15, -0.1) is 0 Å². The van der Waals surface area contributed by atoms with Crippen LogP contribution in [0.2, 0.25) is 0 Å². The van der Waals surface area contributed by atoms with Gasteiger partial charge in [0.25, 0.3) is 5.91 Å². The van der Waals surface area contributed by atoms with Crippen LogP contribution < -0.4 is 15.5 Å². The molecule has 1 aromatic carbocycles. The molecule has 9 nitrogen and oxygen atoms in total. The number of aliphatic imine (C=N–C) groups is 1. The van der Waals surface area contributed by atoms with Crippen LogP contribution in [-0.2, 0) is 9.47 Å². The van der Waals surface area contributed by atoms with Crippen LogP contribution in [0.25, 0.3) is 0 Å². The van der Waals surface area contributed by atoms with Crippen molar-refractivity contribution in [1.82, 2.24) is 15.2 Å². The van der Waals surface area contributed by atoms with Crippen LogP contribution >= 0.6 is 0 Å².